The van der Waals surface area contributed by atoms with Gasteiger partial charge in [-0.05, 0) is 26.2 Å². The lowest BCUT2D eigenvalue weighted by Crippen LogP contribution is -2.46. The summed E-state index contributed by atoms with van der Waals surface area (Å²) >= 11 is 0. The molecule has 1 rings (SSSR count). The molecule has 8 nitrogen and oxygen atoms in total. The van der Waals surface area contributed by atoms with Gasteiger partial charge in [-0.1, -0.05) is 0 Å². The van der Waals surface area contributed by atoms with Crippen LogP contribution in [0.1, 0.15) is 26.7 Å². The van der Waals surface area contributed by atoms with E-state index in [0.29, 0.717) is 13.0 Å². The molecule has 0 bridgehead atoms. The van der Waals surface area contributed by atoms with E-state index in [1.54, 1.807) is 13.8 Å². The molecule has 1 fully saturated rings. The molecule has 0 spiro atoms. The average molecular weight is 351 g/mol. The van der Waals surface area contributed by atoms with Gasteiger partial charge in [-0.2, -0.15) is 8.42 Å². The summed E-state index contributed by atoms with van der Waals surface area (Å²) in [5, 5.41) is 0. The van der Waals surface area contributed by atoms with E-state index in [1.165, 1.54) is 12.0 Å². The van der Waals surface area contributed by atoms with Crippen molar-refractivity contribution >= 4 is 22.2 Å². The summed E-state index contributed by atoms with van der Waals surface area (Å²) in [6.07, 6.45) is 1.02. The molecule has 1 unspecified atom stereocenters. The quantitative estimate of drug-likeness (QED) is 0.520. The largest absolute Gasteiger partial charge is 0.463 e. The highest BCUT2D eigenvalue weighted by Crippen LogP contribution is 2.28. The smallest absolute Gasteiger partial charge is 0.409 e. The number of methoxy groups -OCH3 is 1. The summed E-state index contributed by atoms with van der Waals surface area (Å²) in [6, 6.07) is 0. The fourth-order valence-electron chi connectivity index (χ4n) is 2.57. The molecular formula is C14H25NO7S. The maximum Gasteiger partial charge on any atom is 0.409 e. The normalized spacial score (nSPS) is 22.0. The van der Waals surface area contributed by atoms with E-state index in [1.807, 2.05) is 0 Å². The molecule has 9 heteroatoms. The van der Waals surface area contributed by atoms with Gasteiger partial charge in [-0.3, -0.25) is 8.98 Å². The van der Waals surface area contributed by atoms with Gasteiger partial charge in [0.05, 0.1) is 26.1 Å². The Morgan fingerprint density at radius 3 is 2.43 bits per heavy atom. The zero-order valence-electron chi connectivity index (χ0n) is 14.0. The predicted molar refractivity (Wildman–Crippen MR) is 82.2 cm³/mol. The van der Waals surface area contributed by atoms with Crippen molar-refractivity contribution in [3.63, 3.8) is 0 Å². The highest BCUT2D eigenvalue weighted by Gasteiger charge is 2.34. The van der Waals surface area contributed by atoms with E-state index in [-0.39, 0.29) is 43.5 Å². The van der Waals surface area contributed by atoms with Gasteiger partial charge >= 0.3 is 12.1 Å². The molecule has 0 radical (unpaired) electrons. The first-order valence-corrected chi connectivity index (χ1v) is 9.30. The van der Waals surface area contributed by atoms with Crippen LogP contribution in [-0.4, -0.2) is 64.5 Å². The van der Waals surface area contributed by atoms with Crippen LogP contribution in [0.5, 0.6) is 0 Å². The lowest BCUT2D eigenvalue weighted by atomic mass is 9.84. The van der Waals surface area contributed by atoms with Crippen LogP contribution in [0, 0.1) is 11.8 Å². The van der Waals surface area contributed by atoms with Crippen LogP contribution >= 0.6 is 0 Å². The molecule has 0 aliphatic carbocycles. The molecule has 1 aliphatic heterocycles. The Labute approximate surface area is 137 Å². The summed E-state index contributed by atoms with van der Waals surface area (Å²) in [4.78, 5) is 25.0. The first-order valence-electron chi connectivity index (χ1n) is 7.49. The molecule has 23 heavy (non-hydrogen) atoms. The van der Waals surface area contributed by atoms with Crippen molar-refractivity contribution in [3.05, 3.63) is 0 Å². The van der Waals surface area contributed by atoms with Crippen LogP contribution in [-0.2, 0) is 28.6 Å². The minimum Gasteiger partial charge on any atom is -0.463 e. The van der Waals surface area contributed by atoms with Gasteiger partial charge in [-0.25, -0.2) is 4.79 Å². The molecule has 0 aromatic heterocycles. The van der Waals surface area contributed by atoms with Gasteiger partial charge in [-0.15, -0.1) is 0 Å². The summed E-state index contributed by atoms with van der Waals surface area (Å²) in [5.74, 6) is -0.720. The van der Waals surface area contributed by atoms with Crippen molar-refractivity contribution in [1.29, 1.82) is 0 Å². The lowest BCUT2D eigenvalue weighted by Gasteiger charge is -2.37. The van der Waals surface area contributed by atoms with E-state index < -0.39 is 16.2 Å². The van der Waals surface area contributed by atoms with Gasteiger partial charge < -0.3 is 14.4 Å². The number of carbonyl (C=O) groups excluding carboxylic acids is 2. The highest BCUT2D eigenvalue weighted by molar-refractivity contribution is 7.85. The van der Waals surface area contributed by atoms with Crippen LogP contribution in [0.2, 0.25) is 0 Å². The zero-order chi connectivity index (χ0) is 17.6. The van der Waals surface area contributed by atoms with Crippen molar-refractivity contribution in [2.45, 2.75) is 32.8 Å². The second-order valence-corrected chi connectivity index (χ2v) is 7.60. The van der Waals surface area contributed by atoms with Gasteiger partial charge in [0.15, 0.2) is 0 Å². The summed E-state index contributed by atoms with van der Waals surface area (Å²) in [6.45, 7) is 4.18. The Morgan fingerprint density at radius 1 is 1.26 bits per heavy atom. The van der Waals surface area contributed by atoms with Crippen molar-refractivity contribution in [2.24, 2.45) is 11.8 Å². The van der Waals surface area contributed by atoms with Crippen molar-refractivity contribution in [3.8, 4) is 0 Å². The second-order valence-electron chi connectivity index (χ2n) is 5.96. The molecule has 1 heterocycles. The molecule has 1 saturated heterocycles. The second kappa shape index (κ2) is 8.49. The Bertz CT molecular complexity index is 517. The number of likely N-dealkylation sites (tertiary alicyclic amines) is 1. The molecule has 0 saturated carbocycles. The number of carbonyl (C=O) groups is 2. The number of amides is 1. The molecule has 0 aromatic rings. The summed E-state index contributed by atoms with van der Waals surface area (Å²) in [7, 11) is -2.30. The van der Waals surface area contributed by atoms with E-state index in [2.05, 4.69) is 4.74 Å². The van der Waals surface area contributed by atoms with Crippen LogP contribution in [0.15, 0.2) is 0 Å². The molecule has 0 aromatic carbocycles. The first kappa shape index (κ1) is 19.7. The predicted octanol–water partition coefficient (Wildman–Crippen LogP) is 1.01. The monoisotopic (exact) mass is 351 g/mol. The Hall–Kier alpha value is -1.35. The number of hydrogen-bond acceptors (Lipinski definition) is 7. The van der Waals surface area contributed by atoms with Crippen molar-refractivity contribution < 1.29 is 31.7 Å². The number of esters is 1. The third kappa shape index (κ3) is 7.17. The SMILES string of the molecule is COC(=O)N1CC[C@@H](CC(=O)OC(C)C)C(COS(C)(=O)=O)C1. The summed E-state index contributed by atoms with van der Waals surface area (Å²) < 4.78 is 37.1. The van der Waals surface area contributed by atoms with E-state index in [0.717, 1.165) is 6.26 Å². The molecule has 1 aliphatic rings. The molecule has 134 valence electrons. The standard InChI is InChI=1S/C14H25NO7S/c1-10(2)22-13(16)7-11-5-6-15(14(17)20-3)8-12(11)9-21-23(4,18)19/h10-12H,5-9H2,1-4H3/t11-,12?/m0/s1. The molecule has 2 atom stereocenters. The number of rotatable bonds is 6. The zero-order valence-corrected chi connectivity index (χ0v) is 14.8. The molecule has 0 N–H and O–H groups in total. The van der Waals surface area contributed by atoms with E-state index in [4.69, 9.17) is 8.92 Å². The fraction of sp³-hybridized carbons (Fsp3) is 0.857. The highest BCUT2D eigenvalue weighted by atomic mass is 32.2. The van der Waals surface area contributed by atoms with Crippen LogP contribution in [0.4, 0.5) is 4.79 Å². The van der Waals surface area contributed by atoms with E-state index in [9.17, 15) is 18.0 Å². The molecular weight excluding hydrogens is 326 g/mol. The van der Waals surface area contributed by atoms with Gasteiger partial charge in [0.25, 0.3) is 10.1 Å². The Balaban J connectivity index is 2.73. The van der Waals surface area contributed by atoms with Crippen molar-refractivity contribution in [1.82, 2.24) is 4.90 Å². The van der Waals surface area contributed by atoms with Gasteiger partial charge in [0.2, 0.25) is 0 Å². The Kier molecular flexibility index (Phi) is 7.27. The number of piperidine rings is 1. The van der Waals surface area contributed by atoms with Crippen molar-refractivity contribution in [2.75, 3.05) is 33.1 Å². The van der Waals surface area contributed by atoms with Crippen LogP contribution in [0.25, 0.3) is 0 Å². The third-order valence-electron chi connectivity index (χ3n) is 3.62. The number of ether oxygens (including phenoxy) is 2. The fourth-order valence-corrected chi connectivity index (χ4v) is 2.99. The van der Waals surface area contributed by atoms with Gasteiger partial charge in [0.1, 0.15) is 0 Å². The maximum atomic E-state index is 11.9. The maximum absolute atomic E-state index is 11.9. The third-order valence-corrected chi connectivity index (χ3v) is 4.18. The van der Waals surface area contributed by atoms with E-state index >= 15 is 0 Å². The van der Waals surface area contributed by atoms with Crippen LogP contribution < -0.4 is 0 Å². The minimum absolute atomic E-state index is 0.0774. The average Bonchev–Trinajstić information content (AvgIpc) is 2.43. The topological polar surface area (TPSA) is 99.2 Å². The van der Waals surface area contributed by atoms with Gasteiger partial charge in [0, 0.05) is 25.4 Å². The Morgan fingerprint density at radius 2 is 1.91 bits per heavy atom. The van der Waals surface area contributed by atoms with Crippen LogP contribution in [0.3, 0.4) is 0 Å². The lowest BCUT2D eigenvalue weighted by molar-refractivity contribution is -0.149. The summed E-state index contributed by atoms with van der Waals surface area (Å²) in [5.41, 5.74) is 0. The molecule has 1 amide bonds. The number of hydrogen-bond donors (Lipinski definition) is 0. The first-order chi connectivity index (χ1) is 10.6. The minimum atomic E-state index is -3.59. The number of nitrogens with zero attached hydrogens (tertiary/aromatic N) is 1.